The lowest BCUT2D eigenvalue weighted by Gasteiger charge is -2.06. The van der Waals surface area contributed by atoms with Crippen LogP contribution >= 0.6 is 12.6 Å². The van der Waals surface area contributed by atoms with E-state index in [1.807, 2.05) is 53.8 Å². The summed E-state index contributed by atoms with van der Waals surface area (Å²) in [4.78, 5) is 9.41. The van der Waals surface area contributed by atoms with Gasteiger partial charge < -0.3 is 19.9 Å². The lowest BCUT2D eigenvalue weighted by Crippen LogP contribution is -2.13. The Labute approximate surface area is 146 Å². The van der Waals surface area contributed by atoms with Gasteiger partial charge in [-0.25, -0.2) is 0 Å². The van der Waals surface area contributed by atoms with Gasteiger partial charge in [0, 0.05) is 18.0 Å². The largest absolute Gasteiger partial charge is 0.497 e. The number of methoxy groups -OCH3 is 1. The standard InChI is InChI=1S/C9H12OS.C5H13NO.C2H6.CH2O2/c1-6-4-8(10-3)5-7(2)9(6)11;1-3-7-5-4-6-2;1-2;2-1-3/h4-5,11H,1-3H3;6H,3-5H2,1-2H3;1-2H3;1H,(H,2,3). The van der Waals surface area contributed by atoms with Crippen molar-refractivity contribution in [3.05, 3.63) is 23.3 Å². The second kappa shape index (κ2) is 20.8. The van der Waals surface area contributed by atoms with E-state index in [4.69, 9.17) is 19.4 Å². The number of ether oxygens (including phenoxy) is 2. The number of thiol groups is 1. The molecule has 1 aromatic rings. The predicted molar refractivity (Wildman–Crippen MR) is 100 cm³/mol. The Morgan fingerprint density at radius 2 is 1.70 bits per heavy atom. The molecule has 136 valence electrons. The summed E-state index contributed by atoms with van der Waals surface area (Å²) in [5, 5.41) is 9.87. The van der Waals surface area contributed by atoms with Crippen LogP contribution < -0.4 is 10.1 Å². The van der Waals surface area contributed by atoms with Crippen molar-refractivity contribution >= 4 is 19.1 Å². The Morgan fingerprint density at radius 1 is 1.26 bits per heavy atom. The molecule has 0 aliphatic heterocycles. The van der Waals surface area contributed by atoms with Crippen molar-refractivity contribution in [3.8, 4) is 5.75 Å². The number of hydrogen-bond acceptors (Lipinski definition) is 5. The van der Waals surface area contributed by atoms with E-state index in [0.29, 0.717) is 0 Å². The van der Waals surface area contributed by atoms with E-state index >= 15 is 0 Å². The van der Waals surface area contributed by atoms with Gasteiger partial charge in [-0.15, -0.1) is 12.6 Å². The number of carbonyl (C=O) groups is 1. The first-order valence-corrected chi connectivity index (χ1v) is 8.07. The summed E-state index contributed by atoms with van der Waals surface area (Å²) in [6.45, 7) is 12.4. The van der Waals surface area contributed by atoms with Crippen LogP contribution in [0.4, 0.5) is 0 Å². The van der Waals surface area contributed by atoms with E-state index in [1.165, 1.54) is 0 Å². The van der Waals surface area contributed by atoms with Gasteiger partial charge in [0.2, 0.25) is 0 Å². The minimum absolute atomic E-state index is 0.250. The number of aryl methyl sites for hydroxylation is 2. The molecule has 0 unspecified atom stereocenters. The molecule has 0 saturated carbocycles. The molecule has 0 bridgehead atoms. The van der Waals surface area contributed by atoms with E-state index in [0.717, 1.165) is 41.5 Å². The summed E-state index contributed by atoms with van der Waals surface area (Å²) in [6, 6.07) is 3.96. The molecule has 0 aliphatic carbocycles. The number of benzene rings is 1. The Morgan fingerprint density at radius 3 is 2.00 bits per heavy atom. The van der Waals surface area contributed by atoms with Crippen molar-refractivity contribution in [2.45, 2.75) is 39.5 Å². The molecule has 23 heavy (non-hydrogen) atoms. The van der Waals surface area contributed by atoms with Gasteiger partial charge >= 0.3 is 0 Å². The Bertz CT molecular complexity index is 360. The first-order valence-electron chi connectivity index (χ1n) is 7.62. The molecule has 0 aliphatic rings. The van der Waals surface area contributed by atoms with Gasteiger partial charge in [-0.3, -0.25) is 4.79 Å². The second-order valence-electron chi connectivity index (χ2n) is 4.02. The lowest BCUT2D eigenvalue weighted by atomic mass is 10.1. The van der Waals surface area contributed by atoms with Crippen molar-refractivity contribution < 1.29 is 19.4 Å². The molecule has 1 aromatic carbocycles. The fourth-order valence-corrected chi connectivity index (χ4v) is 1.48. The summed E-state index contributed by atoms with van der Waals surface area (Å²) in [7, 11) is 3.59. The molecule has 6 heteroatoms. The summed E-state index contributed by atoms with van der Waals surface area (Å²) in [6.07, 6.45) is 0. The van der Waals surface area contributed by atoms with Crippen LogP contribution in [0.1, 0.15) is 31.9 Å². The van der Waals surface area contributed by atoms with Crippen LogP contribution in [0, 0.1) is 13.8 Å². The Balaban J connectivity index is -0.000000288. The maximum atomic E-state index is 8.36. The van der Waals surface area contributed by atoms with Gasteiger partial charge in [-0.05, 0) is 51.1 Å². The van der Waals surface area contributed by atoms with Gasteiger partial charge in [-0.1, -0.05) is 13.8 Å². The zero-order chi connectivity index (χ0) is 18.7. The average molecular weight is 348 g/mol. The molecule has 0 fully saturated rings. The molecule has 0 saturated heterocycles. The highest BCUT2D eigenvalue weighted by Crippen LogP contribution is 2.23. The minimum atomic E-state index is -0.250. The predicted octanol–water partition coefficient (Wildman–Crippen LogP) is 3.57. The van der Waals surface area contributed by atoms with Crippen LogP contribution in [-0.4, -0.2) is 45.5 Å². The quantitative estimate of drug-likeness (QED) is 0.432. The first-order chi connectivity index (χ1) is 11.0. The highest BCUT2D eigenvalue weighted by atomic mass is 32.1. The van der Waals surface area contributed by atoms with E-state index < -0.39 is 0 Å². The third-order valence-electron chi connectivity index (χ3n) is 2.40. The molecule has 2 N–H and O–H groups in total. The number of hydrogen-bond donors (Lipinski definition) is 3. The summed E-state index contributed by atoms with van der Waals surface area (Å²) in [5.74, 6) is 0.901. The zero-order valence-electron chi connectivity index (χ0n) is 15.5. The average Bonchev–Trinajstić information content (AvgIpc) is 2.56. The third-order valence-corrected chi connectivity index (χ3v) is 3.11. The molecular weight excluding hydrogens is 314 g/mol. The van der Waals surface area contributed by atoms with Crippen LogP contribution in [0.5, 0.6) is 5.75 Å². The first kappa shape index (κ1) is 26.6. The second-order valence-corrected chi connectivity index (χ2v) is 4.46. The van der Waals surface area contributed by atoms with Crippen molar-refractivity contribution in [2.24, 2.45) is 0 Å². The van der Waals surface area contributed by atoms with Crippen molar-refractivity contribution in [2.75, 3.05) is 33.9 Å². The zero-order valence-corrected chi connectivity index (χ0v) is 16.4. The fourth-order valence-electron chi connectivity index (χ4n) is 1.35. The molecule has 0 amide bonds. The van der Waals surface area contributed by atoms with Gasteiger partial charge in [-0.2, -0.15) is 0 Å². The van der Waals surface area contributed by atoms with Gasteiger partial charge in [0.1, 0.15) is 5.75 Å². The van der Waals surface area contributed by atoms with E-state index in [-0.39, 0.29) is 6.47 Å². The van der Waals surface area contributed by atoms with Crippen LogP contribution in [0.3, 0.4) is 0 Å². The van der Waals surface area contributed by atoms with Crippen LogP contribution in [0.15, 0.2) is 17.0 Å². The van der Waals surface area contributed by atoms with Gasteiger partial charge in [0.15, 0.2) is 0 Å². The summed E-state index contributed by atoms with van der Waals surface area (Å²) < 4.78 is 10.1. The number of carboxylic acid groups (broad SMARTS) is 1. The third kappa shape index (κ3) is 17.0. The maximum absolute atomic E-state index is 8.36. The van der Waals surface area contributed by atoms with Gasteiger partial charge in [0.25, 0.3) is 6.47 Å². The van der Waals surface area contributed by atoms with E-state index in [1.54, 1.807) is 7.11 Å². The Hall–Kier alpha value is -1.24. The molecule has 0 aromatic heterocycles. The molecule has 5 nitrogen and oxygen atoms in total. The molecule has 0 radical (unpaired) electrons. The molecule has 0 atom stereocenters. The fraction of sp³-hybridized carbons (Fsp3) is 0.588. The van der Waals surface area contributed by atoms with Crippen molar-refractivity contribution in [1.82, 2.24) is 5.32 Å². The number of likely N-dealkylation sites (N-methyl/N-ethyl adjacent to an activating group) is 1. The smallest absolute Gasteiger partial charge is 0.290 e. The van der Waals surface area contributed by atoms with Crippen LogP contribution in [0.2, 0.25) is 0 Å². The Kier molecular flexibility index (Phi) is 24.1. The lowest BCUT2D eigenvalue weighted by molar-refractivity contribution is -0.122. The van der Waals surface area contributed by atoms with Crippen LogP contribution in [0.25, 0.3) is 0 Å². The molecular formula is C17H33NO4S. The monoisotopic (exact) mass is 347 g/mol. The summed E-state index contributed by atoms with van der Waals surface area (Å²) >= 11 is 4.34. The highest BCUT2D eigenvalue weighted by molar-refractivity contribution is 7.80. The van der Waals surface area contributed by atoms with Crippen LogP contribution in [-0.2, 0) is 9.53 Å². The molecule has 1 rings (SSSR count). The molecule has 0 heterocycles. The van der Waals surface area contributed by atoms with Crippen molar-refractivity contribution in [3.63, 3.8) is 0 Å². The SMILES string of the molecule is CC.CCOCCNC.COc1cc(C)c(S)c(C)c1.O=CO. The number of nitrogens with one attached hydrogen (secondary N) is 1. The van der Waals surface area contributed by atoms with E-state index in [2.05, 4.69) is 17.9 Å². The minimum Gasteiger partial charge on any atom is -0.497 e. The van der Waals surface area contributed by atoms with Gasteiger partial charge in [0.05, 0.1) is 13.7 Å². The summed E-state index contributed by atoms with van der Waals surface area (Å²) in [5.41, 5.74) is 2.32. The topological polar surface area (TPSA) is 67.8 Å². The number of rotatable bonds is 5. The highest BCUT2D eigenvalue weighted by Gasteiger charge is 2.00. The normalized spacial score (nSPS) is 8.35. The van der Waals surface area contributed by atoms with E-state index in [9.17, 15) is 0 Å². The molecule has 0 spiro atoms. The maximum Gasteiger partial charge on any atom is 0.290 e. The van der Waals surface area contributed by atoms with Crippen molar-refractivity contribution in [1.29, 1.82) is 0 Å².